The Balaban J connectivity index is 1.70. The highest BCUT2D eigenvalue weighted by Gasteiger charge is 2.30. The Morgan fingerprint density at radius 2 is 2.05 bits per heavy atom. The first-order valence-corrected chi connectivity index (χ1v) is 7.15. The number of ether oxygens (including phenoxy) is 2. The van der Waals surface area contributed by atoms with Gasteiger partial charge in [-0.25, -0.2) is 0 Å². The fraction of sp³-hybridized carbons (Fsp3) is 0.533. The molecule has 1 aliphatic heterocycles. The van der Waals surface area contributed by atoms with E-state index in [0.717, 1.165) is 25.0 Å². The summed E-state index contributed by atoms with van der Waals surface area (Å²) in [7, 11) is 0. The van der Waals surface area contributed by atoms with Gasteiger partial charge in [0.2, 0.25) is 5.91 Å². The van der Waals surface area contributed by atoms with Crippen LogP contribution in [-0.2, 0) is 16.0 Å². The van der Waals surface area contributed by atoms with Crippen molar-refractivity contribution in [1.82, 2.24) is 5.32 Å². The minimum atomic E-state index is -4.69. The second kappa shape index (κ2) is 7.49. The first-order valence-electron chi connectivity index (χ1n) is 7.15. The van der Waals surface area contributed by atoms with Crippen LogP contribution in [0.2, 0.25) is 0 Å². The molecule has 1 fully saturated rings. The molecule has 1 aromatic rings. The molecule has 0 bridgehead atoms. The van der Waals surface area contributed by atoms with E-state index in [1.54, 1.807) is 0 Å². The second-order valence-corrected chi connectivity index (χ2v) is 5.13. The molecule has 2 rings (SSSR count). The van der Waals surface area contributed by atoms with Crippen LogP contribution >= 0.6 is 0 Å². The van der Waals surface area contributed by atoms with Crippen molar-refractivity contribution in [3.8, 4) is 5.75 Å². The Morgan fingerprint density at radius 3 is 2.64 bits per heavy atom. The number of carbonyl (C=O) groups excluding carboxylic acids is 1. The molecule has 1 N–H and O–H groups in total. The van der Waals surface area contributed by atoms with Gasteiger partial charge in [0.15, 0.2) is 0 Å². The van der Waals surface area contributed by atoms with Crippen LogP contribution in [0.1, 0.15) is 24.8 Å². The summed E-state index contributed by atoms with van der Waals surface area (Å²) in [6, 6.07) is 5.53. The minimum Gasteiger partial charge on any atom is -0.406 e. The summed E-state index contributed by atoms with van der Waals surface area (Å²) in [6.45, 7) is 1.25. The lowest BCUT2D eigenvalue weighted by molar-refractivity contribution is -0.274. The van der Waals surface area contributed by atoms with Gasteiger partial charge in [-0.1, -0.05) is 12.1 Å². The van der Waals surface area contributed by atoms with E-state index in [-0.39, 0.29) is 24.2 Å². The number of aryl methyl sites for hydroxylation is 1. The molecule has 0 radical (unpaired) electrons. The Bertz CT molecular complexity index is 482. The predicted octanol–water partition coefficient (Wildman–Crippen LogP) is 2.81. The van der Waals surface area contributed by atoms with E-state index in [1.165, 1.54) is 24.3 Å². The fourth-order valence-corrected chi connectivity index (χ4v) is 2.24. The van der Waals surface area contributed by atoms with Gasteiger partial charge in [-0.05, 0) is 37.0 Å². The lowest BCUT2D eigenvalue weighted by atomic mass is 10.1. The normalized spacial score (nSPS) is 18.2. The zero-order valence-electron chi connectivity index (χ0n) is 12.0. The van der Waals surface area contributed by atoms with Crippen LogP contribution in [0.25, 0.3) is 0 Å². The van der Waals surface area contributed by atoms with Crippen molar-refractivity contribution in [3.63, 3.8) is 0 Å². The van der Waals surface area contributed by atoms with E-state index in [2.05, 4.69) is 10.1 Å². The van der Waals surface area contributed by atoms with Gasteiger partial charge >= 0.3 is 6.36 Å². The van der Waals surface area contributed by atoms with Crippen molar-refractivity contribution in [1.29, 1.82) is 0 Å². The lowest BCUT2D eigenvalue weighted by Gasteiger charge is -2.11. The maximum absolute atomic E-state index is 12.0. The number of halogens is 3. The zero-order chi connectivity index (χ0) is 16.0. The molecular formula is C15H18F3NO3. The van der Waals surface area contributed by atoms with E-state index in [9.17, 15) is 18.0 Å². The van der Waals surface area contributed by atoms with Crippen LogP contribution in [0.5, 0.6) is 5.75 Å². The number of rotatable bonds is 6. The van der Waals surface area contributed by atoms with Gasteiger partial charge in [0.05, 0.1) is 6.10 Å². The molecular weight excluding hydrogens is 299 g/mol. The maximum Gasteiger partial charge on any atom is 0.573 e. The summed E-state index contributed by atoms with van der Waals surface area (Å²) in [5.41, 5.74) is 0.779. The number of amides is 1. The SMILES string of the molecule is O=C(CCc1ccc(OC(F)(F)F)cc1)NCC1CCCO1. The van der Waals surface area contributed by atoms with Gasteiger partial charge in [0.25, 0.3) is 0 Å². The van der Waals surface area contributed by atoms with Gasteiger partial charge in [0, 0.05) is 19.6 Å². The van der Waals surface area contributed by atoms with Crippen LogP contribution in [0.15, 0.2) is 24.3 Å². The molecule has 4 nitrogen and oxygen atoms in total. The van der Waals surface area contributed by atoms with Crippen molar-refractivity contribution in [2.24, 2.45) is 0 Å². The molecule has 122 valence electrons. The molecule has 1 atom stereocenters. The van der Waals surface area contributed by atoms with Gasteiger partial charge in [-0.15, -0.1) is 13.2 Å². The minimum absolute atomic E-state index is 0.0916. The van der Waals surface area contributed by atoms with Crippen molar-refractivity contribution >= 4 is 5.91 Å². The van der Waals surface area contributed by atoms with Gasteiger partial charge in [-0.2, -0.15) is 0 Å². The number of alkyl halides is 3. The van der Waals surface area contributed by atoms with Gasteiger partial charge in [0.1, 0.15) is 5.75 Å². The van der Waals surface area contributed by atoms with Crippen LogP contribution in [-0.4, -0.2) is 31.5 Å². The number of carbonyl (C=O) groups is 1. The summed E-state index contributed by atoms with van der Waals surface area (Å²) in [5, 5.41) is 2.80. The molecule has 1 amide bonds. The summed E-state index contributed by atoms with van der Waals surface area (Å²) in [6.07, 6.45) is -1.87. The molecule has 0 spiro atoms. The second-order valence-electron chi connectivity index (χ2n) is 5.13. The average Bonchev–Trinajstić information content (AvgIpc) is 2.96. The lowest BCUT2D eigenvalue weighted by Crippen LogP contribution is -2.31. The number of hydrogen-bond acceptors (Lipinski definition) is 3. The molecule has 0 saturated carbocycles. The molecule has 22 heavy (non-hydrogen) atoms. The van der Waals surface area contributed by atoms with Gasteiger partial charge < -0.3 is 14.8 Å². The smallest absolute Gasteiger partial charge is 0.406 e. The van der Waals surface area contributed by atoms with E-state index in [4.69, 9.17) is 4.74 Å². The van der Waals surface area contributed by atoms with Crippen molar-refractivity contribution in [2.75, 3.05) is 13.2 Å². The molecule has 0 aromatic heterocycles. The third kappa shape index (κ3) is 5.93. The van der Waals surface area contributed by atoms with Crippen LogP contribution < -0.4 is 10.1 Å². The molecule has 1 saturated heterocycles. The summed E-state index contributed by atoms with van der Waals surface area (Å²) < 4.78 is 45.3. The Kier molecular flexibility index (Phi) is 5.65. The maximum atomic E-state index is 12.0. The largest absolute Gasteiger partial charge is 0.573 e. The number of benzene rings is 1. The van der Waals surface area contributed by atoms with E-state index < -0.39 is 6.36 Å². The average molecular weight is 317 g/mol. The van der Waals surface area contributed by atoms with Crippen molar-refractivity contribution in [2.45, 2.75) is 38.1 Å². The molecule has 1 heterocycles. The molecule has 1 aromatic carbocycles. The van der Waals surface area contributed by atoms with E-state index in [0.29, 0.717) is 13.0 Å². The third-order valence-electron chi connectivity index (χ3n) is 3.35. The molecule has 7 heteroatoms. The first kappa shape index (κ1) is 16.6. The number of nitrogens with one attached hydrogen (secondary N) is 1. The van der Waals surface area contributed by atoms with Crippen LogP contribution in [0, 0.1) is 0 Å². The zero-order valence-corrected chi connectivity index (χ0v) is 12.0. The molecule has 1 aliphatic rings. The van der Waals surface area contributed by atoms with E-state index in [1.807, 2.05) is 0 Å². The summed E-state index contributed by atoms with van der Waals surface area (Å²) in [5.74, 6) is -0.356. The fourth-order valence-electron chi connectivity index (χ4n) is 2.24. The highest BCUT2D eigenvalue weighted by Crippen LogP contribution is 2.23. The first-order chi connectivity index (χ1) is 10.4. The quantitative estimate of drug-likeness (QED) is 0.877. The summed E-state index contributed by atoms with van der Waals surface area (Å²) >= 11 is 0. The predicted molar refractivity (Wildman–Crippen MR) is 73.4 cm³/mol. The highest BCUT2D eigenvalue weighted by molar-refractivity contribution is 5.76. The van der Waals surface area contributed by atoms with Crippen molar-refractivity contribution in [3.05, 3.63) is 29.8 Å². The number of hydrogen-bond donors (Lipinski definition) is 1. The van der Waals surface area contributed by atoms with Crippen LogP contribution in [0.3, 0.4) is 0 Å². The van der Waals surface area contributed by atoms with E-state index >= 15 is 0 Å². The highest BCUT2D eigenvalue weighted by atomic mass is 19.4. The third-order valence-corrected chi connectivity index (χ3v) is 3.35. The Morgan fingerprint density at radius 1 is 1.32 bits per heavy atom. The van der Waals surface area contributed by atoms with Gasteiger partial charge in [-0.3, -0.25) is 4.79 Å². The summed E-state index contributed by atoms with van der Waals surface area (Å²) in [4.78, 5) is 11.7. The monoisotopic (exact) mass is 317 g/mol. The van der Waals surface area contributed by atoms with Crippen LogP contribution in [0.4, 0.5) is 13.2 Å². The topological polar surface area (TPSA) is 47.6 Å². The standard InChI is InChI=1S/C15H18F3NO3/c16-15(17,18)22-12-6-3-11(4-7-12)5-8-14(20)19-10-13-2-1-9-21-13/h3-4,6-7,13H,1-2,5,8-10H2,(H,19,20). The Hall–Kier alpha value is -1.76. The molecule has 1 unspecified atom stereocenters. The molecule has 0 aliphatic carbocycles. The Labute approximate surface area is 126 Å². The van der Waals surface area contributed by atoms with Crippen molar-refractivity contribution < 1.29 is 27.4 Å².